The second kappa shape index (κ2) is 7.45. The van der Waals surface area contributed by atoms with Crippen LogP contribution in [-0.4, -0.2) is 32.1 Å². The smallest absolute Gasteiger partial charge is 0.323 e. The van der Waals surface area contributed by atoms with Crippen molar-refractivity contribution in [2.45, 2.75) is 19.1 Å². The molecule has 0 saturated heterocycles. The van der Waals surface area contributed by atoms with E-state index in [-0.39, 0.29) is 13.0 Å². The van der Waals surface area contributed by atoms with Crippen molar-refractivity contribution in [1.82, 2.24) is 5.32 Å². The zero-order valence-corrected chi connectivity index (χ0v) is 10.5. The van der Waals surface area contributed by atoms with Gasteiger partial charge in [0, 0.05) is 0 Å². The first-order chi connectivity index (χ1) is 8.67. The van der Waals surface area contributed by atoms with Crippen molar-refractivity contribution in [3.05, 3.63) is 35.9 Å². The van der Waals surface area contributed by atoms with Crippen LogP contribution in [0.15, 0.2) is 30.3 Å². The molecule has 0 fully saturated rings. The number of benzene rings is 1. The van der Waals surface area contributed by atoms with Gasteiger partial charge in [0.2, 0.25) is 0 Å². The van der Waals surface area contributed by atoms with Crippen molar-refractivity contribution >= 4 is 11.9 Å². The second-order valence-corrected chi connectivity index (χ2v) is 3.71. The first-order valence-electron chi connectivity index (χ1n) is 5.62. The normalized spacial score (nSPS) is 11.7. The lowest BCUT2D eigenvalue weighted by Crippen LogP contribution is -2.37. The summed E-state index contributed by atoms with van der Waals surface area (Å²) in [6.45, 7) is 0.206. The van der Waals surface area contributed by atoms with E-state index < -0.39 is 18.0 Å². The number of methoxy groups -OCH3 is 1. The Morgan fingerprint density at radius 1 is 1.28 bits per heavy atom. The van der Waals surface area contributed by atoms with Crippen LogP contribution < -0.4 is 5.32 Å². The number of ether oxygens (including phenoxy) is 2. The highest BCUT2D eigenvalue weighted by molar-refractivity contribution is 5.82. The lowest BCUT2D eigenvalue weighted by Gasteiger charge is -2.12. The zero-order chi connectivity index (χ0) is 13.4. The summed E-state index contributed by atoms with van der Waals surface area (Å²) >= 11 is 0. The maximum atomic E-state index is 11.5. The van der Waals surface area contributed by atoms with Crippen LogP contribution in [0.3, 0.4) is 0 Å². The minimum Gasteiger partial charge on any atom is -0.468 e. The van der Waals surface area contributed by atoms with Gasteiger partial charge in [-0.3, -0.25) is 9.59 Å². The number of hydrogen-bond acceptors (Lipinski definition) is 5. The van der Waals surface area contributed by atoms with Crippen molar-refractivity contribution in [3.8, 4) is 0 Å². The summed E-state index contributed by atoms with van der Waals surface area (Å²) in [5.74, 6) is -0.919. The van der Waals surface area contributed by atoms with E-state index in [4.69, 9.17) is 4.74 Å². The molecule has 18 heavy (non-hydrogen) atoms. The van der Waals surface area contributed by atoms with Crippen LogP contribution in [0.1, 0.15) is 12.0 Å². The highest BCUT2D eigenvalue weighted by atomic mass is 16.5. The second-order valence-electron chi connectivity index (χ2n) is 3.71. The van der Waals surface area contributed by atoms with Crippen molar-refractivity contribution in [1.29, 1.82) is 0 Å². The summed E-state index contributed by atoms with van der Waals surface area (Å²) in [6.07, 6.45) is -0.0456. The van der Waals surface area contributed by atoms with Crippen LogP contribution >= 0.6 is 0 Å². The molecule has 0 aliphatic heterocycles. The molecular formula is C13H17NO4. The monoisotopic (exact) mass is 251 g/mol. The molecule has 1 N–H and O–H groups in total. The Morgan fingerprint density at radius 3 is 2.50 bits per heavy atom. The number of likely N-dealkylation sites (N-methyl/N-ethyl adjacent to an activating group) is 1. The summed E-state index contributed by atoms with van der Waals surface area (Å²) in [4.78, 5) is 22.8. The van der Waals surface area contributed by atoms with Gasteiger partial charge in [-0.2, -0.15) is 0 Å². The minimum absolute atomic E-state index is 0.0456. The molecule has 1 atom stereocenters. The highest BCUT2D eigenvalue weighted by Crippen LogP contribution is 2.03. The standard InChI is InChI=1S/C13H17NO4/c1-14-11(13(16)17-2)8-12(15)18-9-10-6-4-3-5-7-10/h3-7,11,14H,8-9H2,1-2H3. The summed E-state index contributed by atoms with van der Waals surface area (Å²) in [7, 11) is 2.87. The summed E-state index contributed by atoms with van der Waals surface area (Å²) < 4.78 is 9.63. The molecule has 0 aliphatic rings. The number of carbonyl (C=O) groups excluding carboxylic acids is 2. The Balaban J connectivity index is 2.39. The van der Waals surface area contributed by atoms with Crippen molar-refractivity contribution < 1.29 is 19.1 Å². The van der Waals surface area contributed by atoms with E-state index in [9.17, 15) is 9.59 Å². The lowest BCUT2D eigenvalue weighted by atomic mass is 10.2. The predicted octanol–water partition coefficient (Wildman–Crippen LogP) is 0.881. The molecule has 0 aliphatic carbocycles. The van der Waals surface area contributed by atoms with E-state index in [1.165, 1.54) is 7.11 Å². The molecule has 0 radical (unpaired) electrons. The maximum Gasteiger partial charge on any atom is 0.323 e. The van der Waals surface area contributed by atoms with Crippen LogP contribution in [0.2, 0.25) is 0 Å². The first kappa shape index (κ1) is 14.2. The third-order valence-corrected chi connectivity index (χ3v) is 2.45. The Morgan fingerprint density at radius 2 is 1.94 bits per heavy atom. The Hall–Kier alpha value is -1.88. The van der Waals surface area contributed by atoms with Gasteiger partial charge in [0.1, 0.15) is 12.6 Å². The summed E-state index contributed by atoms with van der Waals surface area (Å²) in [5.41, 5.74) is 0.907. The van der Waals surface area contributed by atoms with E-state index in [1.807, 2.05) is 30.3 Å². The topological polar surface area (TPSA) is 64.6 Å². The van der Waals surface area contributed by atoms with Gasteiger partial charge in [-0.05, 0) is 12.6 Å². The van der Waals surface area contributed by atoms with E-state index in [2.05, 4.69) is 10.1 Å². The predicted molar refractivity (Wildman–Crippen MR) is 65.7 cm³/mol. The fraction of sp³-hybridized carbons (Fsp3) is 0.385. The quantitative estimate of drug-likeness (QED) is 0.760. The van der Waals surface area contributed by atoms with Crippen LogP contribution in [0.25, 0.3) is 0 Å². The molecule has 1 rings (SSSR count). The summed E-state index contributed by atoms with van der Waals surface area (Å²) in [6, 6.07) is 8.69. The van der Waals surface area contributed by atoms with Crippen LogP contribution in [0.5, 0.6) is 0 Å². The van der Waals surface area contributed by atoms with Gasteiger partial charge in [0.25, 0.3) is 0 Å². The Kier molecular flexibility index (Phi) is 5.87. The van der Waals surface area contributed by atoms with Gasteiger partial charge in [0.05, 0.1) is 13.5 Å². The average Bonchev–Trinajstić information content (AvgIpc) is 2.42. The van der Waals surface area contributed by atoms with Crippen LogP contribution in [0, 0.1) is 0 Å². The zero-order valence-electron chi connectivity index (χ0n) is 10.5. The molecule has 0 bridgehead atoms. The van der Waals surface area contributed by atoms with Crippen molar-refractivity contribution in [2.75, 3.05) is 14.2 Å². The number of carbonyl (C=O) groups is 2. The molecule has 98 valence electrons. The summed E-state index contributed by atoms with van der Waals surface area (Å²) in [5, 5.41) is 2.71. The van der Waals surface area contributed by atoms with Crippen LogP contribution in [-0.2, 0) is 25.7 Å². The molecule has 1 aromatic rings. The average molecular weight is 251 g/mol. The fourth-order valence-electron chi connectivity index (χ4n) is 1.41. The minimum atomic E-state index is -0.668. The van der Waals surface area contributed by atoms with Gasteiger partial charge in [0.15, 0.2) is 0 Å². The van der Waals surface area contributed by atoms with Gasteiger partial charge < -0.3 is 14.8 Å². The molecule has 0 saturated carbocycles. The van der Waals surface area contributed by atoms with E-state index >= 15 is 0 Å². The van der Waals surface area contributed by atoms with Crippen molar-refractivity contribution in [3.63, 3.8) is 0 Å². The number of esters is 2. The van der Waals surface area contributed by atoms with E-state index in [0.717, 1.165) is 5.56 Å². The van der Waals surface area contributed by atoms with Crippen molar-refractivity contribution in [2.24, 2.45) is 0 Å². The Bertz CT molecular complexity index is 391. The highest BCUT2D eigenvalue weighted by Gasteiger charge is 2.21. The molecule has 1 unspecified atom stereocenters. The van der Waals surface area contributed by atoms with E-state index in [0.29, 0.717) is 0 Å². The SMILES string of the molecule is CNC(CC(=O)OCc1ccccc1)C(=O)OC. The molecular weight excluding hydrogens is 234 g/mol. The van der Waals surface area contributed by atoms with Crippen LogP contribution in [0.4, 0.5) is 0 Å². The molecule has 0 heterocycles. The van der Waals surface area contributed by atoms with Gasteiger partial charge >= 0.3 is 11.9 Å². The lowest BCUT2D eigenvalue weighted by molar-refractivity contribution is -0.151. The third kappa shape index (κ3) is 4.55. The van der Waals surface area contributed by atoms with E-state index in [1.54, 1.807) is 7.05 Å². The Labute approximate surface area is 106 Å². The first-order valence-corrected chi connectivity index (χ1v) is 5.62. The number of nitrogens with one attached hydrogen (secondary N) is 1. The van der Waals surface area contributed by atoms with Gasteiger partial charge in [-0.15, -0.1) is 0 Å². The fourth-order valence-corrected chi connectivity index (χ4v) is 1.41. The maximum absolute atomic E-state index is 11.5. The molecule has 0 aromatic heterocycles. The molecule has 0 amide bonds. The van der Waals surface area contributed by atoms with Gasteiger partial charge in [-0.25, -0.2) is 0 Å². The molecule has 1 aromatic carbocycles. The number of hydrogen-bond donors (Lipinski definition) is 1. The number of rotatable bonds is 6. The third-order valence-electron chi connectivity index (χ3n) is 2.45. The molecule has 0 spiro atoms. The van der Waals surface area contributed by atoms with Gasteiger partial charge in [-0.1, -0.05) is 30.3 Å². The molecule has 5 heteroatoms. The molecule has 5 nitrogen and oxygen atoms in total. The largest absolute Gasteiger partial charge is 0.468 e.